The van der Waals surface area contributed by atoms with Gasteiger partial charge in [0.25, 0.3) is 0 Å². The van der Waals surface area contributed by atoms with E-state index in [1.54, 1.807) is 0 Å². The second kappa shape index (κ2) is 13.9. The zero-order valence-corrected chi connectivity index (χ0v) is 35.5. The predicted octanol–water partition coefficient (Wildman–Crippen LogP) is 17.4. The third kappa shape index (κ3) is 5.54. The average Bonchev–Trinajstić information content (AvgIpc) is 3.99. The molecule has 0 amide bonds. The van der Waals surface area contributed by atoms with E-state index >= 15 is 0 Å². The molecule has 64 heavy (non-hydrogen) atoms. The van der Waals surface area contributed by atoms with Gasteiger partial charge in [0.2, 0.25) is 0 Å². The van der Waals surface area contributed by atoms with Crippen molar-refractivity contribution in [3.05, 3.63) is 223 Å². The van der Waals surface area contributed by atoms with E-state index in [2.05, 4.69) is 219 Å². The average molecular weight is 820 g/mol. The Balaban J connectivity index is 1.00. The molecule has 1 aliphatic rings. The fourth-order valence-corrected chi connectivity index (χ4v) is 10.6. The summed E-state index contributed by atoms with van der Waals surface area (Å²) in [6.45, 7) is 4.70. The van der Waals surface area contributed by atoms with Crippen LogP contribution in [0.25, 0.3) is 99.2 Å². The van der Waals surface area contributed by atoms with Gasteiger partial charge in [-0.3, -0.25) is 0 Å². The highest BCUT2D eigenvalue weighted by Crippen LogP contribution is 2.54. The molecule has 0 spiro atoms. The molecule has 0 unspecified atom stereocenters. The largest absolute Gasteiger partial charge is 0.456 e. The van der Waals surface area contributed by atoms with Gasteiger partial charge < -0.3 is 13.7 Å². The molecule has 3 heteroatoms. The lowest BCUT2D eigenvalue weighted by Crippen LogP contribution is -2.16. The summed E-state index contributed by atoms with van der Waals surface area (Å²) < 4.78 is 12.7. The van der Waals surface area contributed by atoms with Crippen molar-refractivity contribution >= 4 is 71.7 Å². The minimum atomic E-state index is -0.143. The van der Waals surface area contributed by atoms with Gasteiger partial charge in [0, 0.05) is 43.9 Å². The Hall–Kier alpha value is -8.14. The third-order valence-electron chi connectivity index (χ3n) is 13.7. The Bertz CT molecular complexity index is 3830. The van der Waals surface area contributed by atoms with Crippen LogP contribution in [0.5, 0.6) is 0 Å². The summed E-state index contributed by atoms with van der Waals surface area (Å²) in [5, 5.41) is 6.89. The van der Waals surface area contributed by atoms with Crippen molar-refractivity contribution in [3.63, 3.8) is 0 Å². The van der Waals surface area contributed by atoms with E-state index in [1.807, 2.05) is 12.1 Å². The molecule has 0 atom stereocenters. The Morgan fingerprint density at radius 3 is 1.89 bits per heavy atom. The molecular weight excluding hydrogens is 779 g/mol. The lowest BCUT2D eigenvalue weighted by atomic mass is 9.82. The normalized spacial score (nSPS) is 13.0. The maximum atomic E-state index is 6.35. The smallest absolute Gasteiger partial charge is 0.136 e. The van der Waals surface area contributed by atoms with Crippen LogP contribution in [-0.4, -0.2) is 0 Å². The van der Waals surface area contributed by atoms with Crippen molar-refractivity contribution in [2.75, 3.05) is 4.90 Å². The van der Waals surface area contributed by atoms with Gasteiger partial charge in [-0.05, 0) is 128 Å². The summed E-state index contributed by atoms with van der Waals surface area (Å²) in [6.07, 6.45) is 0. The minimum absolute atomic E-state index is 0.143. The van der Waals surface area contributed by atoms with E-state index in [4.69, 9.17) is 8.83 Å². The van der Waals surface area contributed by atoms with Crippen LogP contribution in [-0.2, 0) is 5.41 Å². The summed E-state index contributed by atoms with van der Waals surface area (Å²) in [5.41, 5.74) is 19.0. The van der Waals surface area contributed by atoms with Crippen LogP contribution in [0.2, 0.25) is 0 Å². The maximum Gasteiger partial charge on any atom is 0.136 e. The number of fused-ring (bicyclic) bond motifs is 11. The van der Waals surface area contributed by atoms with Crippen LogP contribution in [0.3, 0.4) is 0 Å². The van der Waals surface area contributed by atoms with Crippen molar-refractivity contribution < 1.29 is 8.83 Å². The molecule has 0 N–H and O–H groups in total. The van der Waals surface area contributed by atoms with E-state index in [1.165, 1.54) is 49.7 Å². The quantitative estimate of drug-likeness (QED) is 0.167. The summed E-state index contributed by atoms with van der Waals surface area (Å²) >= 11 is 0. The van der Waals surface area contributed by atoms with Crippen molar-refractivity contribution in [1.82, 2.24) is 0 Å². The zero-order valence-electron chi connectivity index (χ0n) is 35.5. The predicted molar refractivity (Wildman–Crippen MR) is 267 cm³/mol. The number of benzene rings is 10. The maximum absolute atomic E-state index is 6.35. The molecule has 3 nitrogen and oxygen atoms in total. The molecule has 10 aromatic carbocycles. The fourth-order valence-electron chi connectivity index (χ4n) is 10.6. The van der Waals surface area contributed by atoms with Crippen LogP contribution < -0.4 is 4.90 Å². The molecule has 12 aromatic rings. The van der Waals surface area contributed by atoms with E-state index in [-0.39, 0.29) is 5.41 Å². The van der Waals surface area contributed by atoms with Crippen molar-refractivity contribution in [1.29, 1.82) is 0 Å². The number of hydrogen-bond donors (Lipinski definition) is 0. The molecule has 302 valence electrons. The molecule has 1 aliphatic carbocycles. The lowest BCUT2D eigenvalue weighted by Gasteiger charge is -2.29. The first-order valence-corrected chi connectivity index (χ1v) is 22.1. The Morgan fingerprint density at radius 2 is 1.00 bits per heavy atom. The van der Waals surface area contributed by atoms with E-state index < -0.39 is 0 Å². The molecular formula is C61H41NO2. The summed E-state index contributed by atoms with van der Waals surface area (Å²) in [5.74, 6) is 0. The van der Waals surface area contributed by atoms with Crippen molar-refractivity contribution in [2.45, 2.75) is 19.3 Å². The van der Waals surface area contributed by atoms with Gasteiger partial charge in [0.05, 0.1) is 5.69 Å². The monoisotopic (exact) mass is 819 g/mol. The molecule has 0 saturated heterocycles. The highest BCUT2D eigenvalue weighted by atomic mass is 16.3. The van der Waals surface area contributed by atoms with Crippen LogP contribution >= 0.6 is 0 Å². The van der Waals surface area contributed by atoms with Crippen LogP contribution in [0.15, 0.2) is 221 Å². The number of rotatable bonds is 6. The van der Waals surface area contributed by atoms with Crippen LogP contribution in [0, 0.1) is 0 Å². The van der Waals surface area contributed by atoms with Gasteiger partial charge in [-0.25, -0.2) is 0 Å². The fraction of sp³-hybridized carbons (Fsp3) is 0.0492. The second-order valence-electron chi connectivity index (χ2n) is 17.6. The number of hydrogen-bond acceptors (Lipinski definition) is 3. The Labute approximate surface area is 371 Å². The first-order valence-electron chi connectivity index (χ1n) is 22.1. The molecule has 2 aromatic heterocycles. The number of nitrogens with zero attached hydrogens (tertiary/aromatic N) is 1. The van der Waals surface area contributed by atoms with Gasteiger partial charge in [0.15, 0.2) is 0 Å². The molecule has 0 fully saturated rings. The van der Waals surface area contributed by atoms with Crippen LogP contribution in [0.4, 0.5) is 17.1 Å². The molecule has 13 rings (SSSR count). The van der Waals surface area contributed by atoms with E-state index in [9.17, 15) is 0 Å². The van der Waals surface area contributed by atoms with Crippen LogP contribution in [0.1, 0.15) is 25.0 Å². The second-order valence-corrected chi connectivity index (χ2v) is 17.6. The van der Waals surface area contributed by atoms with Gasteiger partial charge in [-0.2, -0.15) is 0 Å². The first-order chi connectivity index (χ1) is 31.5. The molecule has 2 heterocycles. The molecule has 0 aliphatic heterocycles. The number of anilines is 3. The van der Waals surface area contributed by atoms with Gasteiger partial charge >= 0.3 is 0 Å². The minimum Gasteiger partial charge on any atom is -0.456 e. The number of furan rings is 2. The molecule has 0 saturated carbocycles. The standard InChI is InChI=1S/C61H41NO2/c1-61(2)52-21-9-6-19-47(52)60-53(61)22-13-23-54(60)62(44-30-33-57-51(37-44)46-18-7-10-24-55(46)63-57)43-17-12-16-42(34-43)45-31-28-41(35-49(45)38-14-4-3-5-15-38)40-27-26-39-29-32-58-59(50(39)36-40)48-20-8-11-25-56(48)64-58/h3-37H,1-2H3. The Kier molecular flexibility index (Phi) is 7.95. The Morgan fingerprint density at radius 1 is 0.359 bits per heavy atom. The topological polar surface area (TPSA) is 29.5 Å². The first kappa shape index (κ1) is 36.5. The summed E-state index contributed by atoms with van der Waals surface area (Å²) in [4.78, 5) is 2.45. The highest BCUT2D eigenvalue weighted by Gasteiger charge is 2.37. The SMILES string of the molecule is CC1(C)c2ccccc2-c2c(N(c3cccc(-c4ccc(-c5ccc6ccc7oc8ccccc8c7c6c5)cc4-c4ccccc4)c3)c3ccc4oc5ccccc5c4c3)cccc21. The molecule has 0 radical (unpaired) electrons. The van der Waals surface area contributed by atoms with Gasteiger partial charge in [-0.15, -0.1) is 0 Å². The molecule has 0 bridgehead atoms. The van der Waals surface area contributed by atoms with Crippen molar-refractivity contribution in [3.8, 4) is 44.5 Å². The van der Waals surface area contributed by atoms with Gasteiger partial charge in [-0.1, -0.05) is 159 Å². The zero-order chi connectivity index (χ0) is 42.5. The van der Waals surface area contributed by atoms with Gasteiger partial charge in [0.1, 0.15) is 22.3 Å². The number of para-hydroxylation sites is 2. The van der Waals surface area contributed by atoms with E-state index in [0.717, 1.165) is 77.6 Å². The van der Waals surface area contributed by atoms with Crippen molar-refractivity contribution in [2.24, 2.45) is 0 Å². The lowest BCUT2D eigenvalue weighted by molar-refractivity contribution is 0.660. The highest BCUT2D eigenvalue weighted by molar-refractivity contribution is 6.19. The third-order valence-corrected chi connectivity index (χ3v) is 13.7. The summed E-state index contributed by atoms with van der Waals surface area (Å²) in [7, 11) is 0. The summed E-state index contributed by atoms with van der Waals surface area (Å²) in [6, 6.07) is 76.9. The van der Waals surface area contributed by atoms with E-state index in [0.29, 0.717) is 0 Å².